The van der Waals surface area contributed by atoms with Crippen LogP contribution in [0.25, 0.3) is 0 Å². The highest BCUT2D eigenvalue weighted by Crippen LogP contribution is 2.21. The predicted molar refractivity (Wildman–Crippen MR) is 83.7 cm³/mol. The number of amides is 3. The minimum absolute atomic E-state index is 0.0178. The van der Waals surface area contributed by atoms with Crippen molar-refractivity contribution in [2.24, 2.45) is 11.7 Å². The predicted octanol–water partition coefficient (Wildman–Crippen LogP) is 1.18. The van der Waals surface area contributed by atoms with Gasteiger partial charge in [-0.1, -0.05) is 12.1 Å². The first-order valence-electron chi connectivity index (χ1n) is 7.59. The molecule has 3 amide bonds. The molecule has 1 heterocycles. The van der Waals surface area contributed by atoms with Crippen LogP contribution in [0, 0.1) is 5.92 Å². The number of carboxylic acid groups (broad SMARTS) is 1. The Morgan fingerprint density at radius 3 is 2.57 bits per heavy atom. The summed E-state index contributed by atoms with van der Waals surface area (Å²) in [7, 11) is 0. The molecule has 1 aromatic carbocycles. The zero-order valence-corrected chi connectivity index (χ0v) is 12.8. The number of nitrogens with one attached hydrogen (secondary N) is 1. The molecule has 124 valence electrons. The standard InChI is InChI=1S/C16H21N3O4/c17-16(23)18-9-11-3-5-13(6-4-11)15(22)19-7-1-2-12(10-19)8-14(20)21/h3-6,12H,1-2,7-10H2,(H,20,21)(H3,17,18,23)/t12-/m1/s1. The quantitative estimate of drug-likeness (QED) is 0.756. The molecule has 1 aliphatic heterocycles. The van der Waals surface area contributed by atoms with Gasteiger partial charge in [0, 0.05) is 31.6 Å². The molecular formula is C16H21N3O4. The molecule has 7 nitrogen and oxygen atoms in total. The first-order chi connectivity index (χ1) is 11.0. The Kier molecular flexibility index (Phi) is 5.56. The summed E-state index contributed by atoms with van der Waals surface area (Å²) in [6.07, 6.45) is 1.76. The van der Waals surface area contributed by atoms with Crippen LogP contribution in [0.15, 0.2) is 24.3 Å². The Balaban J connectivity index is 1.96. The molecule has 1 aromatic rings. The average Bonchev–Trinajstić information content (AvgIpc) is 2.52. The van der Waals surface area contributed by atoms with E-state index in [1.54, 1.807) is 29.2 Å². The van der Waals surface area contributed by atoms with Gasteiger partial charge in [0.25, 0.3) is 5.91 Å². The molecule has 1 aliphatic rings. The van der Waals surface area contributed by atoms with Gasteiger partial charge in [-0.3, -0.25) is 9.59 Å². The molecule has 2 rings (SSSR count). The van der Waals surface area contributed by atoms with E-state index in [0.29, 0.717) is 25.2 Å². The van der Waals surface area contributed by atoms with Crippen molar-refractivity contribution in [2.45, 2.75) is 25.8 Å². The zero-order chi connectivity index (χ0) is 16.8. The smallest absolute Gasteiger partial charge is 0.312 e. The van der Waals surface area contributed by atoms with E-state index in [0.717, 1.165) is 18.4 Å². The molecule has 0 bridgehead atoms. The van der Waals surface area contributed by atoms with Gasteiger partial charge in [-0.2, -0.15) is 0 Å². The summed E-state index contributed by atoms with van der Waals surface area (Å²) in [4.78, 5) is 35.7. The third-order valence-electron chi connectivity index (χ3n) is 3.94. The molecule has 1 saturated heterocycles. The van der Waals surface area contributed by atoms with E-state index in [4.69, 9.17) is 10.8 Å². The summed E-state index contributed by atoms with van der Waals surface area (Å²) in [6, 6.07) is 6.36. The number of likely N-dealkylation sites (tertiary alicyclic amines) is 1. The molecule has 0 spiro atoms. The number of piperidine rings is 1. The fourth-order valence-corrected chi connectivity index (χ4v) is 2.80. The summed E-state index contributed by atoms with van der Waals surface area (Å²) in [5, 5.41) is 11.4. The van der Waals surface area contributed by atoms with Gasteiger partial charge < -0.3 is 21.1 Å². The van der Waals surface area contributed by atoms with Crippen molar-refractivity contribution in [1.82, 2.24) is 10.2 Å². The van der Waals surface area contributed by atoms with Gasteiger partial charge in [-0.25, -0.2) is 4.79 Å². The fraction of sp³-hybridized carbons (Fsp3) is 0.438. The Labute approximate surface area is 134 Å². The maximum atomic E-state index is 12.5. The number of carbonyl (C=O) groups excluding carboxylic acids is 2. The normalized spacial score (nSPS) is 17.6. The van der Waals surface area contributed by atoms with Gasteiger partial charge in [0.15, 0.2) is 0 Å². The van der Waals surface area contributed by atoms with Crippen LogP contribution in [-0.2, 0) is 11.3 Å². The number of nitrogens with zero attached hydrogens (tertiary/aromatic N) is 1. The summed E-state index contributed by atoms with van der Waals surface area (Å²) in [5.74, 6) is -0.894. The molecule has 1 fully saturated rings. The minimum atomic E-state index is -0.824. The highest BCUT2D eigenvalue weighted by molar-refractivity contribution is 5.94. The lowest BCUT2D eigenvalue weighted by molar-refractivity contribution is -0.138. The molecule has 1 atom stereocenters. The lowest BCUT2D eigenvalue weighted by Gasteiger charge is -2.32. The summed E-state index contributed by atoms with van der Waals surface area (Å²) in [6.45, 7) is 1.45. The molecule has 0 aromatic heterocycles. The van der Waals surface area contributed by atoms with Crippen molar-refractivity contribution in [3.8, 4) is 0 Å². The summed E-state index contributed by atoms with van der Waals surface area (Å²) in [5.41, 5.74) is 6.42. The van der Waals surface area contributed by atoms with Crippen LogP contribution in [0.4, 0.5) is 4.79 Å². The maximum absolute atomic E-state index is 12.5. The zero-order valence-electron chi connectivity index (χ0n) is 12.8. The maximum Gasteiger partial charge on any atom is 0.312 e. The summed E-state index contributed by atoms with van der Waals surface area (Å²) >= 11 is 0. The van der Waals surface area contributed by atoms with E-state index in [1.165, 1.54) is 0 Å². The second-order valence-electron chi connectivity index (χ2n) is 5.77. The van der Waals surface area contributed by atoms with Crippen LogP contribution in [-0.4, -0.2) is 41.0 Å². The Hall–Kier alpha value is -2.57. The number of benzene rings is 1. The first kappa shape index (κ1) is 16.8. The van der Waals surface area contributed by atoms with E-state index >= 15 is 0 Å². The number of carboxylic acids is 1. The number of aliphatic carboxylic acids is 1. The largest absolute Gasteiger partial charge is 0.481 e. The molecule has 7 heteroatoms. The van der Waals surface area contributed by atoms with E-state index in [9.17, 15) is 14.4 Å². The van der Waals surface area contributed by atoms with E-state index in [-0.39, 0.29) is 18.2 Å². The van der Waals surface area contributed by atoms with E-state index in [1.807, 2.05) is 0 Å². The van der Waals surface area contributed by atoms with Crippen LogP contribution < -0.4 is 11.1 Å². The molecule has 0 saturated carbocycles. The number of nitrogens with two attached hydrogens (primary N) is 1. The highest BCUT2D eigenvalue weighted by Gasteiger charge is 2.25. The molecule has 0 unspecified atom stereocenters. The SMILES string of the molecule is NC(=O)NCc1ccc(C(=O)N2CCC[C@H](CC(=O)O)C2)cc1. The van der Waals surface area contributed by atoms with Crippen molar-refractivity contribution >= 4 is 17.9 Å². The van der Waals surface area contributed by atoms with Gasteiger partial charge in [-0.05, 0) is 36.5 Å². The number of carbonyl (C=O) groups is 3. The third kappa shape index (κ3) is 4.98. The number of hydrogen-bond donors (Lipinski definition) is 3. The van der Waals surface area contributed by atoms with Gasteiger partial charge in [0.05, 0.1) is 0 Å². The van der Waals surface area contributed by atoms with Crippen LogP contribution in [0.2, 0.25) is 0 Å². The summed E-state index contributed by atoms with van der Waals surface area (Å²) < 4.78 is 0. The van der Waals surface area contributed by atoms with Crippen molar-refractivity contribution < 1.29 is 19.5 Å². The molecule has 0 aliphatic carbocycles. The topological polar surface area (TPSA) is 113 Å². The van der Waals surface area contributed by atoms with Crippen molar-refractivity contribution in [3.63, 3.8) is 0 Å². The van der Waals surface area contributed by atoms with Gasteiger partial charge in [0.2, 0.25) is 0 Å². The van der Waals surface area contributed by atoms with Crippen molar-refractivity contribution in [2.75, 3.05) is 13.1 Å². The number of primary amides is 1. The minimum Gasteiger partial charge on any atom is -0.481 e. The number of hydrogen-bond acceptors (Lipinski definition) is 3. The van der Waals surface area contributed by atoms with Gasteiger partial charge >= 0.3 is 12.0 Å². The molecular weight excluding hydrogens is 298 g/mol. The van der Waals surface area contributed by atoms with Gasteiger partial charge in [-0.15, -0.1) is 0 Å². The molecule has 23 heavy (non-hydrogen) atoms. The second-order valence-corrected chi connectivity index (χ2v) is 5.77. The fourth-order valence-electron chi connectivity index (χ4n) is 2.80. The van der Waals surface area contributed by atoms with Crippen molar-refractivity contribution in [1.29, 1.82) is 0 Å². The number of rotatable bonds is 5. The monoisotopic (exact) mass is 319 g/mol. The van der Waals surface area contributed by atoms with E-state index in [2.05, 4.69) is 5.32 Å². The van der Waals surface area contributed by atoms with Gasteiger partial charge in [0.1, 0.15) is 0 Å². The second kappa shape index (κ2) is 7.62. The van der Waals surface area contributed by atoms with Crippen LogP contribution >= 0.6 is 0 Å². The van der Waals surface area contributed by atoms with Crippen molar-refractivity contribution in [3.05, 3.63) is 35.4 Å². The lowest BCUT2D eigenvalue weighted by Crippen LogP contribution is -2.40. The Bertz CT molecular complexity index is 585. The van der Waals surface area contributed by atoms with Crippen LogP contribution in [0.3, 0.4) is 0 Å². The Morgan fingerprint density at radius 2 is 1.96 bits per heavy atom. The van der Waals surface area contributed by atoms with Crippen LogP contribution in [0.5, 0.6) is 0 Å². The molecule has 4 N–H and O–H groups in total. The molecule has 0 radical (unpaired) electrons. The first-order valence-corrected chi connectivity index (χ1v) is 7.59. The Morgan fingerprint density at radius 1 is 1.26 bits per heavy atom. The van der Waals surface area contributed by atoms with E-state index < -0.39 is 12.0 Å². The average molecular weight is 319 g/mol. The lowest BCUT2D eigenvalue weighted by atomic mass is 9.94. The third-order valence-corrected chi connectivity index (χ3v) is 3.94. The van der Waals surface area contributed by atoms with Crippen LogP contribution in [0.1, 0.15) is 35.2 Å². The highest BCUT2D eigenvalue weighted by atomic mass is 16.4. The number of urea groups is 1.